The molecular weight excluding hydrogens is 236 g/mol. The largest absolute Gasteiger partial charge is 0.490 e. The van der Waals surface area contributed by atoms with Crippen LogP contribution in [-0.2, 0) is 6.54 Å². The first kappa shape index (κ1) is 13.6. The zero-order valence-corrected chi connectivity index (χ0v) is 11.1. The fourth-order valence-corrected chi connectivity index (χ4v) is 2.47. The number of hydrogen-bond donors (Lipinski definition) is 1. The molecule has 3 nitrogen and oxygen atoms in total. The number of ether oxygens (including phenoxy) is 1. The van der Waals surface area contributed by atoms with Gasteiger partial charge in [-0.15, -0.1) is 0 Å². The number of benzene rings is 1. The van der Waals surface area contributed by atoms with Crippen molar-refractivity contribution in [2.24, 2.45) is 5.92 Å². The highest BCUT2D eigenvalue weighted by molar-refractivity contribution is 5.27. The van der Waals surface area contributed by atoms with Gasteiger partial charge in [0.25, 0.3) is 0 Å². The lowest BCUT2D eigenvalue weighted by atomic mass is 10.1. The lowest BCUT2D eigenvalue weighted by Crippen LogP contribution is -2.31. The minimum atomic E-state index is 0.176. The molecule has 1 aliphatic rings. The van der Waals surface area contributed by atoms with E-state index in [9.17, 15) is 0 Å². The molecule has 0 heterocycles. The Kier molecular flexibility index (Phi) is 5.00. The molecule has 1 saturated carbocycles. The van der Waals surface area contributed by atoms with E-state index in [1.54, 1.807) is 6.08 Å². The maximum Gasteiger partial charge on any atom is 0.119 e. The van der Waals surface area contributed by atoms with Gasteiger partial charge in [-0.05, 0) is 30.5 Å². The standard InChI is InChI=1S/C16H20N2O/c1-2-10-19-15-8-6-13(7-9-15)12-18-16-5-3-4-14(16)11-17/h2,6-9,14,16,18H,1,3-5,10,12H2. The molecule has 1 aliphatic carbocycles. The molecule has 0 bridgehead atoms. The van der Waals surface area contributed by atoms with Gasteiger partial charge in [0.15, 0.2) is 0 Å². The van der Waals surface area contributed by atoms with Crippen molar-refractivity contribution in [2.45, 2.75) is 31.8 Å². The zero-order valence-electron chi connectivity index (χ0n) is 11.1. The van der Waals surface area contributed by atoms with E-state index in [-0.39, 0.29) is 5.92 Å². The van der Waals surface area contributed by atoms with Crippen LogP contribution >= 0.6 is 0 Å². The Balaban J connectivity index is 1.83. The van der Waals surface area contributed by atoms with Crippen molar-refractivity contribution in [3.05, 3.63) is 42.5 Å². The first-order chi connectivity index (χ1) is 9.33. The molecule has 0 aliphatic heterocycles. The summed E-state index contributed by atoms with van der Waals surface area (Å²) in [5.74, 6) is 1.04. The Labute approximate surface area is 114 Å². The highest BCUT2D eigenvalue weighted by atomic mass is 16.5. The van der Waals surface area contributed by atoms with Crippen molar-refractivity contribution in [3.8, 4) is 11.8 Å². The molecule has 0 amide bonds. The minimum Gasteiger partial charge on any atom is -0.490 e. The van der Waals surface area contributed by atoms with Crippen LogP contribution in [0.25, 0.3) is 0 Å². The van der Waals surface area contributed by atoms with E-state index in [0.717, 1.165) is 31.6 Å². The smallest absolute Gasteiger partial charge is 0.119 e. The van der Waals surface area contributed by atoms with E-state index in [0.29, 0.717) is 12.6 Å². The summed E-state index contributed by atoms with van der Waals surface area (Å²) in [6.45, 7) is 4.96. The predicted octanol–water partition coefficient (Wildman–Crippen LogP) is 3.03. The lowest BCUT2D eigenvalue weighted by molar-refractivity contribution is 0.363. The third-order valence-electron chi connectivity index (χ3n) is 3.54. The minimum absolute atomic E-state index is 0.176. The quantitative estimate of drug-likeness (QED) is 0.796. The van der Waals surface area contributed by atoms with Gasteiger partial charge in [0.05, 0.1) is 12.0 Å². The van der Waals surface area contributed by atoms with Crippen LogP contribution in [0.1, 0.15) is 24.8 Å². The Morgan fingerprint density at radius 1 is 1.37 bits per heavy atom. The molecule has 0 saturated heterocycles. The van der Waals surface area contributed by atoms with Gasteiger partial charge in [-0.2, -0.15) is 5.26 Å². The topological polar surface area (TPSA) is 45.0 Å². The normalized spacial score (nSPS) is 21.8. The highest BCUT2D eigenvalue weighted by Gasteiger charge is 2.26. The summed E-state index contributed by atoms with van der Waals surface area (Å²) < 4.78 is 5.44. The van der Waals surface area contributed by atoms with Gasteiger partial charge in [-0.3, -0.25) is 0 Å². The Morgan fingerprint density at radius 2 is 2.16 bits per heavy atom. The molecule has 2 rings (SSSR count). The Bertz CT molecular complexity index is 447. The summed E-state index contributed by atoms with van der Waals surface area (Å²) in [7, 11) is 0. The molecule has 2 atom stereocenters. The van der Waals surface area contributed by atoms with Crippen LogP contribution in [-0.4, -0.2) is 12.6 Å². The van der Waals surface area contributed by atoms with E-state index in [4.69, 9.17) is 10.00 Å². The monoisotopic (exact) mass is 256 g/mol. The predicted molar refractivity (Wildman–Crippen MR) is 75.7 cm³/mol. The van der Waals surface area contributed by atoms with Crippen molar-refractivity contribution in [1.29, 1.82) is 5.26 Å². The molecule has 1 aromatic rings. The summed E-state index contributed by atoms with van der Waals surface area (Å²) in [5.41, 5.74) is 1.22. The van der Waals surface area contributed by atoms with Gasteiger partial charge in [-0.1, -0.05) is 31.2 Å². The zero-order chi connectivity index (χ0) is 13.5. The molecule has 2 unspecified atom stereocenters. The van der Waals surface area contributed by atoms with Gasteiger partial charge in [0, 0.05) is 12.6 Å². The van der Waals surface area contributed by atoms with E-state index in [2.05, 4.69) is 30.1 Å². The molecule has 0 aromatic heterocycles. The number of nitrogens with one attached hydrogen (secondary N) is 1. The van der Waals surface area contributed by atoms with Crippen LogP contribution in [0.3, 0.4) is 0 Å². The van der Waals surface area contributed by atoms with Crippen molar-refractivity contribution in [2.75, 3.05) is 6.61 Å². The van der Waals surface area contributed by atoms with Gasteiger partial charge >= 0.3 is 0 Å². The summed E-state index contributed by atoms with van der Waals surface area (Å²) in [6, 6.07) is 10.8. The van der Waals surface area contributed by atoms with Crippen molar-refractivity contribution in [3.63, 3.8) is 0 Å². The second-order valence-electron chi connectivity index (χ2n) is 4.90. The van der Waals surface area contributed by atoms with Gasteiger partial charge in [0.1, 0.15) is 12.4 Å². The van der Waals surface area contributed by atoms with Crippen LogP contribution in [0.5, 0.6) is 5.75 Å². The molecule has 19 heavy (non-hydrogen) atoms. The Hall–Kier alpha value is -1.79. The third kappa shape index (κ3) is 3.84. The maximum atomic E-state index is 9.04. The molecular formula is C16H20N2O. The van der Waals surface area contributed by atoms with Crippen LogP contribution < -0.4 is 10.1 Å². The summed E-state index contributed by atoms with van der Waals surface area (Å²) in [5, 5.41) is 12.5. The first-order valence-corrected chi connectivity index (χ1v) is 6.79. The van der Waals surface area contributed by atoms with Crippen molar-refractivity contribution >= 4 is 0 Å². The van der Waals surface area contributed by atoms with Crippen LogP contribution in [0.2, 0.25) is 0 Å². The fourth-order valence-electron chi connectivity index (χ4n) is 2.47. The van der Waals surface area contributed by atoms with Crippen molar-refractivity contribution < 1.29 is 4.74 Å². The van der Waals surface area contributed by atoms with Crippen LogP contribution in [0.4, 0.5) is 0 Å². The SMILES string of the molecule is C=CCOc1ccc(CNC2CCCC2C#N)cc1. The van der Waals surface area contributed by atoms with Gasteiger partial charge in [-0.25, -0.2) is 0 Å². The van der Waals surface area contributed by atoms with E-state index in [1.165, 1.54) is 5.56 Å². The highest BCUT2D eigenvalue weighted by Crippen LogP contribution is 2.25. The fraction of sp³-hybridized carbons (Fsp3) is 0.438. The number of rotatable bonds is 6. The van der Waals surface area contributed by atoms with Crippen LogP contribution in [0, 0.1) is 17.2 Å². The first-order valence-electron chi connectivity index (χ1n) is 6.79. The average molecular weight is 256 g/mol. The van der Waals surface area contributed by atoms with Gasteiger partial charge in [0.2, 0.25) is 0 Å². The molecule has 1 N–H and O–H groups in total. The van der Waals surface area contributed by atoms with Crippen LogP contribution in [0.15, 0.2) is 36.9 Å². The molecule has 1 fully saturated rings. The molecule has 1 aromatic carbocycles. The second kappa shape index (κ2) is 6.96. The summed E-state index contributed by atoms with van der Waals surface area (Å²) in [6.07, 6.45) is 5.03. The molecule has 3 heteroatoms. The number of nitriles is 1. The van der Waals surface area contributed by atoms with E-state index < -0.39 is 0 Å². The lowest BCUT2D eigenvalue weighted by Gasteiger charge is -2.15. The third-order valence-corrected chi connectivity index (χ3v) is 3.54. The van der Waals surface area contributed by atoms with E-state index >= 15 is 0 Å². The Morgan fingerprint density at radius 3 is 2.84 bits per heavy atom. The summed E-state index contributed by atoms with van der Waals surface area (Å²) >= 11 is 0. The number of nitrogens with zero attached hydrogens (tertiary/aromatic N) is 1. The second-order valence-corrected chi connectivity index (χ2v) is 4.90. The molecule has 0 spiro atoms. The maximum absolute atomic E-state index is 9.04. The average Bonchev–Trinajstić information content (AvgIpc) is 2.91. The summed E-state index contributed by atoms with van der Waals surface area (Å²) in [4.78, 5) is 0. The van der Waals surface area contributed by atoms with E-state index in [1.807, 2.05) is 12.1 Å². The van der Waals surface area contributed by atoms with Crippen molar-refractivity contribution in [1.82, 2.24) is 5.32 Å². The molecule has 0 radical (unpaired) electrons. The molecule has 100 valence electrons. The number of hydrogen-bond acceptors (Lipinski definition) is 3. The van der Waals surface area contributed by atoms with Gasteiger partial charge < -0.3 is 10.1 Å².